The maximum absolute atomic E-state index is 13.5. The second-order valence-corrected chi connectivity index (χ2v) is 4.13. The minimum Gasteiger partial charge on any atom is -0.352 e. The van der Waals surface area contributed by atoms with E-state index in [2.05, 4.69) is 10.6 Å². The molecule has 0 saturated carbocycles. The molecule has 0 heterocycles. The van der Waals surface area contributed by atoms with Gasteiger partial charge in [0, 0.05) is 11.6 Å². The van der Waals surface area contributed by atoms with Crippen molar-refractivity contribution >= 4 is 11.9 Å². The monoisotopic (exact) mass is 271 g/mol. The lowest BCUT2D eigenvalue weighted by molar-refractivity contribution is -0.123. The number of carbonyl (C=O) groups is 2. The molecule has 1 aromatic rings. The van der Waals surface area contributed by atoms with Gasteiger partial charge in [-0.15, -0.1) is 0 Å². The average molecular weight is 271 g/mol. The third kappa shape index (κ3) is 4.20. The van der Waals surface area contributed by atoms with Crippen LogP contribution in [0.2, 0.25) is 0 Å². The molecule has 0 spiro atoms. The first-order valence-corrected chi connectivity index (χ1v) is 5.62. The first-order chi connectivity index (χ1) is 8.81. The molecule has 1 aromatic carbocycles. The molecule has 3 amide bonds. The molecule has 5 nitrogen and oxygen atoms in total. The Bertz CT molecular complexity index is 494. The maximum atomic E-state index is 13.5. The predicted molar refractivity (Wildman–Crippen MR) is 65.1 cm³/mol. The summed E-state index contributed by atoms with van der Waals surface area (Å²) in [5.41, 5.74) is 5.04. The van der Waals surface area contributed by atoms with Crippen molar-refractivity contribution in [2.45, 2.75) is 25.9 Å². The number of urea groups is 1. The van der Waals surface area contributed by atoms with Crippen molar-refractivity contribution in [3.05, 3.63) is 35.4 Å². The van der Waals surface area contributed by atoms with Gasteiger partial charge in [0.25, 0.3) is 0 Å². The van der Waals surface area contributed by atoms with Gasteiger partial charge in [-0.05, 0) is 19.9 Å². The van der Waals surface area contributed by atoms with Gasteiger partial charge in [0.1, 0.15) is 17.7 Å². The standard InChI is InChI=1S/C12H15F2N3O2/c1-6(9-4-3-8(13)5-10(9)14)16-11(18)7(2)17-12(15)19/h3-7H,1-2H3,(H,16,18)(H3,15,17,19). The van der Waals surface area contributed by atoms with Gasteiger partial charge in [0.15, 0.2) is 0 Å². The molecule has 0 aliphatic heterocycles. The lowest BCUT2D eigenvalue weighted by Gasteiger charge is -2.18. The third-order valence-electron chi connectivity index (χ3n) is 2.54. The van der Waals surface area contributed by atoms with Crippen LogP contribution >= 0.6 is 0 Å². The molecule has 19 heavy (non-hydrogen) atoms. The van der Waals surface area contributed by atoms with Crippen LogP contribution in [-0.2, 0) is 4.79 Å². The van der Waals surface area contributed by atoms with Gasteiger partial charge in [0.2, 0.25) is 5.91 Å². The number of hydrogen-bond acceptors (Lipinski definition) is 2. The summed E-state index contributed by atoms with van der Waals surface area (Å²) < 4.78 is 26.2. The topological polar surface area (TPSA) is 84.2 Å². The van der Waals surface area contributed by atoms with Gasteiger partial charge in [-0.3, -0.25) is 4.79 Å². The molecule has 0 saturated heterocycles. The Balaban J connectivity index is 2.71. The van der Waals surface area contributed by atoms with Crippen molar-refractivity contribution in [1.82, 2.24) is 10.6 Å². The number of benzene rings is 1. The minimum absolute atomic E-state index is 0.154. The SMILES string of the molecule is CC(NC(N)=O)C(=O)NC(C)c1ccc(F)cc1F. The van der Waals surface area contributed by atoms with Crippen LogP contribution in [0.25, 0.3) is 0 Å². The van der Waals surface area contributed by atoms with Crippen molar-refractivity contribution in [2.24, 2.45) is 5.73 Å². The summed E-state index contributed by atoms with van der Waals surface area (Å²) in [6.07, 6.45) is 0. The Morgan fingerprint density at radius 2 is 1.84 bits per heavy atom. The fourth-order valence-electron chi connectivity index (χ4n) is 1.55. The predicted octanol–water partition coefficient (Wildman–Crippen LogP) is 1.20. The Hall–Kier alpha value is -2.18. The van der Waals surface area contributed by atoms with Crippen LogP contribution in [0.15, 0.2) is 18.2 Å². The molecule has 104 valence electrons. The highest BCUT2D eigenvalue weighted by Crippen LogP contribution is 2.17. The van der Waals surface area contributed by atoms with E-state index in [1.165, 1.54) is 13.0 Å². The molecular weight excluding hydrogens is 256 g/mol. The summed E-state index contributed by atoms with van der Waals surface area (Å²) in [5.74, 6) is -1.96. The average Bonchev–Trinajstić information content (AvgIpc) is 2.27. The summed E-state index contributed by atoms with van der Waals surface area (Å²) in [5, 5.41) is 4.69. The van der Waals surface area contributed by atoms with E-state index < -0.39 is 35.7 Å². The van der Waals surface area contributed by atoms with E-state index in [0.29, 0.717) is 0 Å². The molecule has 0 aliphatic rings. The van der Waals surface area contributed by atoms with Gasteiger partial charge >= 0.3 is 6.03 Å². The highest BCUT2D eigenvalue weighted by Gasteiger charge is 2.19. The van der Waals surface area contributed by atoms with Crippen molar-refractivity contribution < 1.29 is 18.4 Å². The zero-order valence-electron chi connectivity index (χ0n) is 10.5. The van der Waals surface area contributed by atoms with Crippen molar-refractivity contribution in [1.29, 1.82) is 0 Å². The first-order valence-electron chi connectivity index (χ1n) is 5.62. The van der Waals surface area contributed by atoms with Gasteiger partial charge in [-0.25, -0.2) is 13.6 Å². The summed E-state index contributed by atoms with van der Waals surface area (Å²) in [4.78, 5) is 22.3. The van der Waals surface area contributed by atoms with E-state index in [1.807, 2.05) is 0 Å². The molecule has 2 unspecified atom stereocenters. The normalized spacial score (nSPS) is 13.5. The van der Waals surface area contributed by atoms with Crippen LogP contribution in [0, 0.1) is 11.6 Å². The van der Waals surface area contributed by atoms with Crippen LogP contribution in [-0.4, -0.2) is 18.0 Å². The van der Waals surface area contributed by atoms with E-state index >= 15 is 0 Å². The van der Waals surface area contributed by atoms with Crippen molar-refractivity contribution in [3.8, 4) is 0 Å². The molecule has 0 fully saturated rings. The lowest BCUT2D eigenvalue weighted by Crippen LogP contribution is -2.47. The van der Waals surface area contributed by atoms with Crippen LogP contribution in [0.1, 0.15) is 25.5 Å². The number of hydrogen-bond donors (Lipinski definition) is 3. The summed E-state index contributed by atoms with van der Waals surface area (Å²) in [6.45, 7) is 2.99. The first kappa shape index (κ1) is 14.9. The van der Waals surface area contributed by atoms with Crippen LogP contribution in [0.5, 0.6) is 0 Å². The number of rotatable bonds is 4. The van der Waals surface area contributed by atoms with E-state index in [1.54, 1.807) is 6.92 Å². The minimum atomic E-state index is -0.844. The molecule has 0 radical (unpaired) electrons. The highest BCUT2D eigenvalue weighted by molar-refractivity contribution is 5.86. The molecule has 0 aliphatic carbocycles. The van der Waals surface area contributed by atoms with Gasteiger partial charge in [-0.2, -0.15) is 0 Å². The number of carbonyl (C=O) groups excluding carboxylic acids is 2. The van der Waals surface area contributed by atoms with E-state index in [0.717, 1.165) is 12.1 Å². The second kappa shape index (κ2) is 6.12. The van der Waals surface area contributed by atoms with Gasteiger partial charge in [0.05, 0.1) is 6.04 Å². The van der Waals surface area contributed by atoms with E-state index in [4.69, 9.17) is 5.73 Å². The number of nitrogens with two attached hydrogens (primary N) is 1. The zero-order chi connectivity index (χ0) is 14.6. The third-order valence-corrected chi connectivity index (χ3v) is 2.54. The Morgan fingerprint density at radius 1 is 1.21 bits per heavy atom. The molecule has 7 heteroatoms. The van der Waals surface area contributed by atoms with Crippen LogP contribution in [0.4, 0.5) is 13.6 Å². The van der Waals surface area contributed by atoms with E-state index in [9.17, 15) is 18.4 Å². The Kier molecular flexibility index (Phi) is 4.80. The van der Waals surface area contributed by atoms with Gasteiger partial charge in [-0.1, -0.05) is 6.07 Å². The summed E-state index contributed by atoms with van der Waals surface area (Å²) in [7, 11) is 0. The number of amides is 3. The number of primary amides is 1. The summed E-state index contributed by atoms with van der Waals surface area (Å²) in [6, 6.07) is 0.758. The van der Waals surface area contributed by atoms with Crippen LogP contribution in [0.3, 0.4) is 0 Å². The van der Waals surface area contributed by atoms with Crippen LogP contribution < -0.4 is 16.4 Å². The largest absolute Gasteiger partial charge is 0.352 e. The smallest absolute Gasteiger partial charge is 0.312 e. The molecule has 0 aromatic heterocycles. The molecule has 2 atom stereocenters. The molecular formula is C12H15F2N3O2. The van der Waals surface area contributed by atoms with Gasteiger partial charge < -0.3 is 16.4 Å². The quantitative estimate of drug-likeness (QED) is 0.768. The van der Waals surface area contributed by atoms with E-state index in [-0.39, 0.29) is 5.56 Å². The number of nitrogens with one attached hydrogen (secondary N) is 2. The van der Waals surface area contributed by atoms with Crippen molar-refractivity contribution in [2.75, 3.05) is 0 Å². The molecule has 4 N–H and O–H groups in total. The van der Waals surface area contributed by atoms with Crippen molar-refractivity contribution in [3.63, 3.8) is 0 Å². The maximum Gasteiger partial charge on any atom is 0.312 e. The zero-order valence-corrected chi connectivity index (χ0v) is 10.5. The fourth-order valence-corrected chi connectivity index (χ4v) is 1.55. The molecule has 0 bridgehead atoms. The fraction of sp³-hybridized carbons (Fsp3) is 0.333. The number of halogens is 2. The second-order valence-electron chi connectivity index (χ2n) is 4.13. The summed E-state index contributed by atoms with van der Waals surface area (Å²) >= 11 is 0. The Morgan fingerprint density at radius 3 is 2.37 bits per heavy atom. The Labute approximate surface area is 109 Å². The molecule has 1 rings (SSSR count). The highest BCUT2D eigenvalue weighted by atomic mass is 19.1. The lowest BCUT2D eigenvalue weighted by atomic mass is 10.1.